The van der Waals surface area contributed by atoms with Crippen molar-refractivity contribution in [2.45, 2.75) is -0.565 Å². The highest BCUT2D eigenvalue weighted by Gasteiger charge is 2.16. The summed E-state index contributed by atoms with van der Waals surface area (Å²) in [7, 11) is 0. The zero-order valence-electron chi connectivity index (χ0n) is 3.57. The van der Waals surface area contributed by atoms with Crippen LogP contribution in [0.2, 0.25) is 0 Å². The summed E-state index contributed by atoms with van der Waals surface area (Å²) in [4.78, 5) is 0. The molecule has 0 aliphatic rings. The van der Waals surface area contributed by atoms with Crippen molar-refractivity contribution in [3.8, 4) is 0 Å². The Morgan fingerprint density at radius 2 is 1.88 bits per heavy atom. The van der Waals surface area contributed by atoms with Gasteiger partial charge in [0.05, 0.1) is 0 Å². The van der Waals surface area contributed by atoms with Gasteiger partial charge in [-0.2, -0.15) is 0 Å². The molecular formula is C2H2I3O2S-. The van der Waals surface area contributed by atoms with Gasteiger partial charge in [-0.1, -0.05) is 78.9 Å². The van der Waals surface area contributed by atoms with Crippen LogP contribution in [0.3, 0.4) is 0 Å². The summed E-state index contributed by atoms with van der Waals surface area (Å²) in [5, 5.41) is 0. The summed E-state index contributed by atoms with van der Waals surface area (Å²) in [5.74, 6) is 0.203. The van der Waals surface area contributed by atoms with Gasteiger partial charge in [-0.15, -0.1) is 0 Å². The van der Waals surface area contributed by atoms with Crippen LogP contribution in [-0.2, 0) is 11.1 Å². The molecule has 1 unspecified atom stereocenters. The number of hydrogen-bond donors (Lipinski definition) is 0. The number of halogens is 3. The van der Waals surface area contributed by atoms with E-state index in [0.29, 0.717) is 0 Å². The maximum absolute atomic E-state index is 10.0. The van der Waals surface area contributed by atoms with Crippen LogP contribution in [0.1, 0.15) is 0 Å². The molecule has 2 nitrogen and oxygen atoms in total. The van der Waals surface area contributed by atoms with Crippen LogP contribution in [0.5, 0.6) is 0 Å². The van der Waals surface area contributed by atoms with E-state index in [0.717, 1.165) is 0 Å². The molecule has 0 radical (unpaired) electrons. The van der Waals surface area contributed by atoms with E-state index in [1.165, 1.54) is 0 Å². The molecule has 6 heteroatoms. The van der Waals surface area contributed by atoms with Gasteiger partial charge >= 0.3 is 0 Å². The van der Waals surface area contributed by atoms with E-state index in [1.54, 1.807) is 0 Å². The van der Waals surface area contributed by atoms with Crippen molar-refractivity contribution in [1.29, 1.82) is 0 Å². The van der Waals surface area contributed by atoms with Crippen LogP contribution in [-0.4, -0.2) is 13.9 Å². The van der Waals surface area contributed by atoms with E-state index in [4.69, 9.17) is 0 Å². The first-order valence-corrected chi connectivity index (χ1v) is 6.02. The summed E-state index contributed by atoms with van der Waals surface area (Å²) in [6.45, 7) is 0. The maximum atomic E-state index is 10.0. The fourth-order valence-electron chi connectivity index (χ4n) is 0.134. The number of alkyl halides is 3. The summed E-state index contributed by atoms with van der Waals surface area (Å²) >= 11 is 4.31. The average Bonchev–Trinajstić information content (AvgIpc) is 1.21. The Balaban J connectivity index is 3.55. The molecule has 0 spiro atoms. The minimum atomic E-state index is -1.91. The largest absolute Gasteiger partial charge is 0.772 e. The van der Waals surface area contributed by atoms with Gasteiger partial charge in [0.2, 0.25) is 0 Å². The Morgan fingerprint density at radius 3 is 1.88 bits per heavy atom. The predicted octanol–water partition coefficient (Wildman–Crippen LogP) is 1.82. The van der Waals surface area contributed by atoms with Crippen molar-refractivity contribution < 1.29 is 8.76 Å². The third kappa shape index (κ3) is 8.30. The lowest BCUT2D eigenvalue weighted by Crippen LogP contribution is -2.11. The van der Waals surface area contributed by atoms with E-state index in [9.17, 15) is 8.76 Å². The fourth-order valence-corrected chi connectivity index (χ4v) is 2.69. The monoisotopic (exact) mass is 471 g/mol. The van der Waals surface area contributed by atoms with E-state index >= 15 is 0 Å². The van der Waals surface area contributed by atoms with Gasteiger partial charge in [-0.25, -0.2) is 0 Å². The van der Waals surface area contributed by atoms with Gasteiger partial charge in [-0.3, -0.25) is 4.21 Å². The van der Waals surface area contributed by atoms with Crippen molar-refractivity contribution in [3.05, 3.63) is 0 Å². The molecule has 0 amide bonds. The van der Waals surface area contributed by atoms with Crippen LogP contribution in [0.4, 0.5) is 0 Å². The third-order valence-corrected chi connectivity index (χ3v) is 3.65. The van der Waals surface area contributed by atoms with Crippen molar-refractivity contribution in [3.63, 3.8) is 0 Å². The minimum Gasteiger partial charge on any atom is -0.772 e. The second-order valence-corrected chi connectivity index (χ2v) is 13.7. The first-order chi connectivity index (χ1) is 3.42. The summed E-state index contributed by atoms with van der Waals surface area (Å²) in [6, 6.07) is 0. The molecule has 0 aliphatic carbocycles. The highest BCUT2D eigenvalue weighted by atomic mass is 127. The SMILES string of the molecule is O=S([O-])CC(I)(I)I. The van der Waals surface area contributed by atoms with Crippen LogP contribution in [0, 0.1) is 0 Å². The molecular weight excluding hydrogens is 469 g/mol. The van der Waals surface area contributed by atoms with Crippen molar-refractivity contribution in [2.24, 2.45) is 0 Å². The van der Waals surface area contributed by atoms with Gasteiger partial charge in [0, 0.05) is 5.75 Å². The van der Waals surface area contributed by atoms with Crippen molar-refractivity contribution >= 4 is 78.9 Å². The lowest BCUT2D eigenvalue weighted by Gasteiger charge is -2.12. The molecule has 0 aliphatic heterocycles. The fraction of sp³-hybridized carbons (Fsp3) is 1.00. The first-order valence-electron chi connectivity index (χ1n) is 1.54. The summed E-state index contributed by atoms with van der Waals surface area (Å²) in [5.41, 5.74) is 0. The summed E-state index contributed by atoms with van der Waals surface area (Å²) < 4.78 is 19.8. The van der Waals surface area contributed by atoms with Gasteiger partial charge < -0.3 is 4.55 Å². The molecule has 8 heavy (non-hydrogen) atoms. The molecule has 0 saturated heterocycles. The molecule has 0 bridgehead atoms. The first kappa shape index (κ1) is 10.3. The highest BCUT2D eigenvalue weighted by molar-refractivity contribution is 14.3. The second-order valence-electron chi connectivity index (χ2n) is 1.06. The zero-order chi connectivity index (χ0) is 6.78. The Morgan fingerprint density at radius 1 is 1.50 bits per heavy atom. The van der Waals surface area contributed by atoms with Crippen LogP contribution >= 0.6 is 67.8 Å². The van der Waals surface area contributed by atoms with Gasteiger partial charge in [-0.05, 0) is 0 Å². The van der Waals surface area contributed by atoms with E-state index in [2.05, 4.69) is 67.8 Å². The zero-order valence-corrected chi connectivity index (χ0v) is 10.9. The highest BCUT2D eigenvalue weighted by Crippen LogP contribution is 2.35. The van der Waals surface area contributed by atoms with Crippen LogP contribution < -0.4 is 0 Å². The molecule has 0 aromatic heterocycles. The lowest BCUT2D eigenvalue weighted by molar-refractivity contribution is 0.538. The normalized spacial score (nSPS) is 16.0. The molecule has 50 valence electrons. The average molecular weight is 471 g/mol. The van der Waals surface area contributed by atoms with Gasteiger partial charge in [0.15, 0.2) is 0 Å². The molecule has 0 N–H and O–H groups in total. The number of hydrogen-bond acceptors (Lipinski definition) is 2. The lowest BCUT2D eigenvalue weighted by atomic mass is 11.0. The Kier molecular flexibility index (Phi) is 5.45. The third-order valence-electron chi connectivity index (χ3n) is 0.282. The summed E-state index contributed by atoms with van der Waals surface area (Å²) in [6.07, 6.45) is 0. The number of rotatable bonds is 2. The molecule has 0 saturated carbocycles. The van der Waals surface area contributed by atoms with Crippen LogP contribution in [0.15, 0.2) is 0 Å². The van der Waals surface area contributed by atoms with E-state index in [-0.39, 0.29) is 5.19 Å². The minimum absolute atomic E-state index is 0.181. The maximum Gasteiger partial charge on any atom is 0.134 e. The molecule has 1 atom stereocenters. The van der Waals surface area contributed by atoms with Crippen molar-refractivity contribution in [1.82, 2.24) is 0 Å². The second kappa shape index (κ2) is 4.23. The van der Waals surface area contributed by atoms with E-state index in [1.807, 2.05) is 0 Å². The van der Waals surface area contributed by atoms with Gasteiger partial charge in [0.1, 0.15) is -0.565 Å². The molecule has 0 fully saturated rings. The Hall–Kier alpha value is 2.30. The topological polar surface area (TPSA) is 40.1 Å². The predicted molar refractivity (Wildman–Crippen MR) is 58.6 cm³/mol. The Labute approximate surface area is 91.3 Å². The van der Waals surface area contributed by atoms with Crippen LogP contribution in [0.25, 0.3) is 0 Å². The van der Waals surface area contributed by atoms with Gasteiger partial charge in [0.25, 0.3) is 0 Å². The molecule has 0 rings (SSSR count). The molecule has 0 aromatic carbocycles. The van der Waals surface area contributed by atoms with E-state index < -0.39 is 11.1 Å². The standard InChI is InChI=1S/C2H3I3O2S/c3-2(4,5)1-8(6)7/h1H2,(H,6,7)/p-1. The molecule has 0 heterocycles. The smallest absolute Gasteiger partial charge is 0.134 e. The molecule has 0 aromatic rings. The Bertz CT molecular complexity index is 97.9. The quantitative estimate of drug-likeness (QED) is 0.351. The van der Waals surface area contributed by atoms with Crippen molar-refractivity contribution in [2.75, 3.05) is 5.75 Å².